The van der Waals surface area contributed by atoms with Gasteiger partial charge >= 0.3 is 12.1 Å². The number of ether oxygens (including phenoxy) is 1. The molecule has 0 radical (unpaired) electrons. The van der Waals surface area contributed by atoms with Crippen LogP contribution >= 0.6 is 0 Å². The second-order valence-corrected chi connectivity index (χ2v) is 7.59. The maximum absolute atomic E-state index is 12.2. The lowest BCUT2D eigenvalue weighted by Crippen LogP contribution is -2.47. The molecule has 1 aromatic carbocycles. The first-order valence-corrected chi connectivity index (χ1v) is 9.69. The molecule has 3 atom stereocenters. The standard InChI is InChI=1S/C20H32N4O3/c1-5-27-20(26)23-18-8-6-17(7-9-18)22-19(25)21-16(4)13-24-11-14(2)10-15(3)12-24/h6-9,14-16H,5,10-13H2,1-4H3,(H,23,26)(H2,21,22,25)/t14-,15-,16+/m0/s1. The summed E-state index contributed by atoms with van der Waals surface area (Å²) in [4.78, 5) is 26.0. The first-order valence-electron chi connectivity index (χ1n) is 9.69. The number of anilines is 2. The number of carbonyl (C=O) groups is 2. The van der Waals surface area contributed by atoms with Gasteiger partial charge < -0.3 is 20.3 Å². The van der Waals surface area contributed by atoms with E-state index in [2.05, 4.69) is 34.7 Å². The quantitative estimate of drug-likeness (QED) is 0.706. The molecule has 1 aromatic rings. The fraction of sp³-hybridized carbons (Fsp3) is 0.600. The highest BCUT2D eigenvalue weighted by atomic mass is 16.5. The number of likely N-dealkylation sites (tertiary alicyclic amines) is 1. The molecular formula is C20H32N4O3. The van der Waals surface area contributed by atoms with Gasteiger partial charge in [-0.15, -0.1) is 0 Å². The maximum Gasteiger partial charge on any atom is 0.411 e. The van der Waals surface area contributed by atoms with Gasteiger partial charge in [-0.05, 0) is 56.4 Å². The van der Waals surface area contributed by atoms with Crippen molar-refractivity contribution >= 4 is 23.5 Å². The molecule has 0 aromatic heterocycles. The molecule has 150 valence electrons. The number of piperidine rings is 1. The van der Waals surface area contributed by atoms with Crippen LogP contribution in [-0.4, -0.2) is 49.3 Å². The molecule has 3 N–H and O–H groups in total. The van der Waals surface area contributed by atoms with Crippen LogP contribution in [0.15, 0.2) is 24.3 Å². The van der Waals surface area contributed by atoms with Crippen molar-refractivity contribution in [1.29, 1.82) is 0 Å². The molecule has 7 heteroatoms. The van der Waals surface area contributed by atoms with E-state index in [9.17, 15) is 9.59 Å². The van der Waals surface area contributed by atoms with Gasteiger partial charge in [-0.25, -0.2) is 9.59 Å². The zero-order valence-corrected chi connectivity index (χ0v) is 16.7. The summed E-state index contributed by atoms with van der Waals surface area (Å²) in [5.74, 6) is 1.41. The third-order valence-electron chi connectivity index (χ3n) is 4.52. The second kappa shape index (κ2) is 10.2. The van der Waals surface area contributed by atoms with Gasteiger partial charge in [0, 0.05) is 37.1 Å². The number of urea groups is 1. The van der Waals surface area contributed by atoms with Crippen molar-refractivity contribution in [2.75, 3.05) is 36.9 Å². The average molecular weight is 377 g/mol. The molecule has 0 aliphatic carbocycles. The van der Waals surface area contributed by atoms with E-state index in [1.807, 2.05) is 6.92 Å². The zero-order valence-electron chi connectivity index (χ0n) is 16.7. The van der Waals surface area contributed by atoms with Gasteiger partial charge in [0.25, 0.3) is 0 Å². The van der Waals surface area contributed by atoms with Gasteiger partial charge in [0.05, 0.1) is 6.61 Å². The van der Waals surface area contributed by atoms with E-state index < -0.39 is 6.09 Å². The lowest BCUT2D eigenvalue weighted by Gasteiger charge is -2.36. The summed E-state index contributed by atoms with van der Waals surface area (Å²) in [7, 11) is 0. The van der Waals surface area contributed by atoms with Crippen LogP contribution in [0, 0.1) is 11.8 Å². The topological polar surface area (TPSA) is 82.7 Å². The molecule has 1 aliphatic rings. The molecule has 0 saturated carbocycles. The highest BCUT2D eigenvalue weighted by molar-refractivity contribution is 5.90. The van der Waals surface area contributed by atoms with Crippen molar-refractivity contribution in [3.8, 4) is 0 Å². The van der Waals surface area contributed by atoms with Crippen LogP contribution < -0.4 is 16.0 Å². The highest BCUT2D eigenvalue weighted by Gasteiger charge is 2.23. The SMILES string of the molecule is CCOC(=O)Nc1ccc(NC(=O)N[C@H](C)CN2C[C@@H](C)C[C@H](C)C2)cc1. The lowest BCUT2D eigenvalue weighted by atomic mass is 9.92. The number of hydrogen-bond acceptors (Lipinski definition) is 4. The Morgan fingerprint density at radius 3 is 2.22 bits per heavy atom. The summed E-state index contributed by atoms with van der Waals surface area (Å²) in [5.41, 5.74) is 1.27. The predicted molar refractivity (Wildman–Crippen MR) is 108 cm³/mol. The van der Waals surface area contributed by atoms with Crippen molar-refractivity contribution in [1.82, 2.24) is 10.2 Å². The number of hydrogen-bond donors (Lipinski definition) is 3. The van der Waals surface area contributed by atoms with Crippen LogP contribution in [0.5, 0.6) is 0 Å². The first-order chi connectivity index (χ1) is 12.9. The summed E-state index contributed by atoms with van der Waals surface area (Å²) >= 11 is 0. The zero-order chi connectivity index (χ0) is 19.8. The van der Waals surface area contributed by atoms with Gasteiger partial charge in [-0.3, -0.25) is 5.32 Å². The Hall–Kier alpha value is -2.28. The summed E-state index contributed by atoms with van der Waals surface area (Å²) in [6.07, 6.45) is 0.783. The summed E-state index contributed by atoms with van der Waals surface area (Å²) in [6.45, 7) is 11.7. The molecule has 1 saturated heterocycles. The largest absolute Gasteiger partial charge is 0.450 e. The van der Waals surface area contributed by atoms with Crippen LogP contribution in [0.2, 0.25) is 0 Å². The normalized spacial score (nSPS) is 21.2. The third-order valence-corrected chi connectivity index (χ3v) is 4.52. The van der Waals surface area contributed by atoms with Crippen LogP contribution in [0.1, 0.15) is 34.1 Å². The Balaban J connectivity index is 1.76. The molecule has 7 nitrogen and oxygen atoms in total. The summed E-state index contributed by atoms with van der Waals surface area (Å²) in [6, 6.07) is 6.73. The Bertz CT molecular complexity index is 610. The Morgan fingerprint density at radius 2 is 1.67 bits per heavy atom. The van der Waals surface area contributed by atoms with Gasteiger partial charge in [0.2, 0.25) is 0 Å². The fourth-order valence-electron chi connectivity index (χ4n) is 3.69. The minimum Gasteiger partial charge on any atom is -0.450 e. The van der Waals surface area contributed by atoms with Crippen LogP contribution in [0.25, 0.3) is 0 Å². The second-order valence-electron chi connectivity index (χ2n) is 7.59. The van der Waals surface area contributed by atoms with E-state index in [-0.39, 0.29) is 12.1 Å². The molecule has 1 fully saturated rings. The van der Waals surface area contributed by atoms with Crippen molar-refractivity contribution in [2.45, 2.75) is 40.2 Å². The Labute approximate surface area is 161 Å². The number of nitrogens with one attached hydrogen (secondary N) is 3. The van der Waals surface area contributed by atoms with E-state index in [1.165, 1.54) is 6.42 Å². The van der Waals surface area contributed by atoms with Crippen LogP contribution in [0.3, 0.4) is 0 Å². The number of carbonyl (C=O) groups excluding carboxylic acids is 2. The number of rotatable bonds is 6. The highest BCUT2D eigenvalue weighted by Crippen LogP contribution is 2.21. The van der Waals surface area contributed by atoms with E-state index in [0.29, 0.717) is 29.8 Å². The average Bonchev–Trinajstić information content (AvgIpc) is 2.55. The minimum absolute atomic E-state index is 0.0623. The molecule has 0 unspecified atom stereocenters. The minimum atomic E-state index is -0.494. The Kier molecular flexibility index (Phi) is 7.91. The molecule has 2 rings (SSSR count). The van der Waals surface area contributed by atoms with Crippen LogP contribution in [0.4, 0.5) is 21.0 Å². The smallest absolute Gasteiger partial charge is 0.411 e. The molecule has 3 amide bonds. The van der Waals surface area contributed by atoms with E-state index in [4.69, 9.17) is 4.74 Å². The number of benzene rings is 1. The first kappa shape index (κ1) is 21.0. The molecule has 1 aliphatic heterocycles. The number of amides is 3. The lowest BCUT2D eigenvalue weighted by molar-refractivity contribution is 0.132. The summed E-state index contributed by atoms with van der Waals surface area (Å²) in [5, 5.41) is 8.42. The molecule has 27 heavy (non-hydrogen) atoms. The molecular weight excluding hydrogens is 344 g/mol. The van der Waals surface area contributed by atoms with Crippen LogP contribution in [-0.2, 0) is 4.74 Å². The van der Waals surface area contributed by atoms with Gasteiger partial charge in [-0.1, -0.05) is 13.8 Å². The fourth-order valence-corrected chi connectivity index (χ4v) is 3.69. The Morgan fingerprint density at radius 1 is 1.11 bits per heavy atom. The predicted octanol–water partition coefficient (Wildman–Crippen LogP) is 3.74. The monoisotopic (exact) mass is 376 g/mol. The molecule has 0 bridgehead atoms. The van der Waals surface area contributed by atoms with Gasteiger partial charge in [0.15, 0.2) is 0 Å². The van der Waals surface area contributed by atoms with Crippen molar-refractivity contribution in [3.05, 3.63) is 24.3 Å². The maximum atomic E-state index is 12.2. The van der Waals surface area contributed by atoms with Crippen molar-refractivity contribution in [2.24, 2.45) is 11.8 Å². The van der Waals surface area contributed by atoms with E-state index in [1.54, 1.807) is 31.2 Å². The summed E-state index contributed by atoms with van der Waals surface area (Å²) < 4.78 is 4.83. The van der Waals surface area contributed by atoms with Gasteiger partial charge in [0.1, 0.15) is 0 Å². The number of nitrogens with zero attached hydrogens (tertiary/aromatic N) is 1. The van der Waals surface area contributed by atoms with Gasteiger partial charge in [-0.2, -0.15) is 0 Å². The van der Waals surface area contributed by atoms with E-state index >= 15 is 0 Å². The van der Waals surface area contributed by atoms with Crippen molar-refractivity contribution < 1.29 is 14.3 Å². The van der Waals surface area contributed by atoms with Crippen molar-refractivity contribution in [3.63, 3.8) is 0 Å². The molecule has 1 heterocycles. The molecule has 0 spiro atoms. The third kappa shape index (κ3) is 7.46. The van der Waals surface area contributed by atoms with E-state index in [0.717, 1.165) is 19.6 Å².